The van der Waals surface area contributed by atoms with Gasteiger partial charge in [-0.2, -0.15) is 0 Å². The zero-order valence-corrected chi connectivity index (χ0v) is 13.4. The van der Waals surface area contributed by atoms with E-state index in [9.17, 15) is 5.11 Å². The van der Waals surface area contributed by atoms with Crippen LogP contribution in [0.4, 0.5) is 0 Å². The summed E-state index contributed by atoms with van der Waals surface area (Å²) in [5.41, 5.74) is 1.32. The minimum absolute atomic E-state index is 0.0671. The second-order valence-electron chi connectivity index (χ2n) is 6.23. The lowest BCUT2D eigenvalue weighted by Gasteiger charge is -2.46. The van der Waals surface area contributed by atoms with E-state index in [1.165, 1.54) is 5.56 Å². The van der Waals surface area contributed by atoms with Crippen molar-refractivity contribution < 1.29 is 9.84 Å². The maximum absolute atomic E-state index is 9.42. The highest BCUT2D eigenvalue weighted by Gasteiger charge is 2.35. The average molecular weight is 292 g/mol. The topological polar surface area (TPSA) is 44.7 Å². The molecule has 0 amide bonds. The number of nitrogens with one attached hydrogen (secondary N) is 1. The summed E-state index contributed by atoms with van der Waals surface area (Å²) in [6, 6.07) is 7.91. The summed E-state index contributed by atoms with van der Waals surface area (Å²) >= 11 is 0. The quantitative estimate of drug-likeness (QED) is 0.842. The molecule has 1 heterocycles. The van der Waals surface area contributed by atoms with E-state index < -0.39 is 0 Å². The van der Waals surface area contributed by atoms with E-state index in [-0.39, 0.29) is 5.54 Å². The Morgan fingerprint density at radius 1 is 1.24 bits per heavy atom. The zero-order valence-electron chi connectivity index (χ0n) is 13.4. The molecule has 1 fully saturated rings. The van der Waals surface area contributed by atoms with Crippen molar-refractivity contribution in [3.63, 3.8) is 0 Å². The third kappa shape index (κ3) is 4.19. The minimum Gasteiger partial charge on any atom is -0.508 e. The van der Waals surface area contributed by atoms with E-state index in [1.807, 2.05) is 12.1 Å². The summed E-state index contributed by atoms with van der Waals surface area (Å²) in [6.45, 7) is 11.4. The summed E-state index contributed by atoms with van der Waals surface area (Å²) in [5, 5.41) is 13.1. The Balaban J connectivity index is 2.10. The number of morpholine rings is 1. The first-order chi connectivity index (χ1) is 10.0. The van der Waals surface area contributed by atoms with Crippen LogP contribution in [0.15, 0.2) is 24.3 Å². The van der Waals surface area contributed by atoms with Crippen molar-refractivity contribution in [2.45, 2.75) is 38.8 Å². The van der Waals surface area contributed by atoms with Gasteiger partial charge in [-0.1, -0.05) is 19.1 Å². The molecule has 1 aromatic carbocycles. The van der Waals surface area contributed by atoms with Gasteiger partial charge in [-0.3, -0.25) is 4.90 Å². The number of aromatic hydroxyl groups is 1. The summed E-state index contributed by atoms with van der Waals surface area (Å²) in [7, 11) is 0. The fourth-order valence-corrected chi connectivity index (χ4v) is 3.05. The molecule has 0 radical (unpaired) electrons. The number of phenols is 1. The maximum Gasteiger partial charge on any atom is 0.115 e. The molecule has 0 aliphatic carbocycles. The molecule has 0 bridgehead atoms. The Morgan fingerprint density at radius 2 is 1.86 bits per heavy atom. The van der Waals surface area contributed by atoms with Gasteiger partial charge in [0.1, 0.15) is 5.75 Å². The lowest BCUT2D eigenvalue weighted by atomic mass is 9.87. The van der Waals surface area contributed by atoms with Crippen LogP contribution in [-0.2, 0) is 11.2 Å². The number of rotatable bonds is 6. The van der Waals surface area contributed by atoms with Crippen molar-refractivity contribution in [1.29, 1.82) is 0 Å². The Hall–Kier alpha value is -1.10. The van der Waals surface area contributed by atoms with Gasteiger partial charge in [0.25, 0.3) is 0 Å². The van der Waals surface area contributed by atoms with Gasteiger partial charge in [0.2, 0.25) is 0 Å². The average Bonchev–Trinajstić information content (AvgIpc) is 2.50. The zero-order chi connectivity index (χ0) is 15.3. The SMILES string of the molecule is CCNC(Cc1ccc(O)cc1)C(C)(C)N1CCOCC1. The molecule has 0 saturated carbocycles. The van der Waals surface area contributed by atoms with E-state index in [4.69, 9.17) is 4.74 Å². The van der Waals surface area contributed by atoms with Crippen LogP contribution in [0.3, 0.4) is 0 Å². The largest absolute Gasteiger partial charge is 0.508 e. The van der Waals surface area contributed by atoms with Crippen molar-refractivity contribution in [3.8, 4) is 5.75 Å². The molecule has 1 aliphatic heterocycles. The third-order valence-corrected chi connectivity index (χ3v) is 4.51. The molecule has 1 aliphatic rings. The molecule has 21 heavy (non-hydrogen) atoms. The predicted molar refractivity (Wildman–Crippen MR) is 85.7 cm³/mol. The predicted octanol–water partition coefficient (Wildman–Crippen LogP) is 2.02. The molecule has 0 spiro atoms. The van der Waals surface area contributed by atoms with Crippen molar-refractivity contribution >= 4 is 0 Å². The lowest BCUT2D eigenvalue weighted by molar-refractivity contribution is -0.0230. The second kappa shape index (κ2) is 7.25. The van der Waals surface area contributed by atoms with Crippen LogP contribution in [0.5, 0.6) is 5.75 Å². The van der Waals surface area contributed by atoms with Crippen LogP contribution in [0, 0.1) is 0 Å². The summed E-state index contributed by atoms with van der Waals surface area (Å²) < 4.78 is 5.48. The molecule has 0 aromatic heterocycles. The highest BCUT2D eigenvalue weighted by atomic mass is 16.5. The Kier molecular flexibility index (Phi) is 5.62. The Bertz CT molecular complexity index is 425. The van der Waals surface area contributed by atoms with Crippen LogP contribution in [-0.4, -0.2) is 54.4 Å². The van der Waals surface area contributed by atoms with E-state index >= 15 is 0 Å². The second-order valence-corrected chi connectivity index (χ2v) is 6.23. The summed E-state index contributed by atoms with van der Waals surface area (Å²) in [6.07, 6.45) is 0.957. The number of hydrogen-bond donors (Lipinski definition) is 2. The van der Waals surface area contributed by atoms with Crippen LogP contribution in [0.25, 0.3) is 0 Å². The number of hydrogen-bond acceptors (Lipinski definition) is 4. The van der Waals surface area contributed by atoms with Gasteiger partial charge >= 0.3 is 0 Å². The fraction of sp³-hybridized carbons (Fsp3) is 0.647. The van der Waals surface area contributed by atoms with Gasteiger partial charge in [0.15, 0.2) is 0 Å². The Morgan fingerprint density at radius 3 is 2.43 bits per heavy atom. The smallest absolute Gasteiger partial charge is 0.115 e. The van der Waals surface area contributed by atoms with E-state index in [0.29, 0.717) is 11.8 Å². The first-order valence-corrected chi connectivity index (χ1v) is 7.88. The van der Waals surface area contributed by atoms with Crippen molar-refractivity contribution in [2.75, 3.05) is 32.8 Å². The lowest BCUT2D eigenvalue weighted by Crippen LogP contribution is -2.61. The number of ether oxygens (including phenoxy) is 1. The molecule has 2 N–H and O–H groups in total. The van der Waals surface area contributed by atoms with Crippen LogP contribution in [0.1, 0.15) is 26.3 Å². The minimum atomic E-state index is 0.0671. The molecular formula is C17H28N2O2. The van der Waals surface area contributed by atoms with Crippen molar-refractivity contribution in [2.24, 2.45) is 0 Å². The van der Waals surface area contributed by atoms with E-state index in [0.717, 1.165) is 39.3 Å². The molecule has 1 aromatic rings. The first kappa shape index (κ1) is 16.3. The summed E-state index contributed by atoms with van der Waals surface area (Å²) in [4.78, 5) is 2.52. The van der Waals surface area contributed by atoms with E-state index in [1.54, 1.807) is 12.1 Å². The molecule has 4 heteroatoms. The van der Waals surface area contributed by atoms with Crippen LogP contribution in [0.2, 0.25) is 0 Å². The summed E-state index contributed by atoms with van der Waals surface area (Å²) in [5.74, 6) is 0.325. The normalized spacial score (nSPS) is 18.6. The molecular weight excluding hydrogens is 264 g/mol. The molecule has 1 unspecified atom stereocenters. The van der Waals surface area contributed by atoms with Crippen LogP contribution >= 0.6 is 0 Å². The third-order valence-electron chi connectivity index (χ3n) is 4.51. The van der Waals surface area contributed by atoms with Gasteiger partial charge < -0.3 is 15.2 Å². The molecule has 1 saturated heterocycles. The molecule has 118 valence electrons. The standard InChI is InChI=1S/C17H28N2O2/c1-4-18-16(13-14-5-7-15(20)8-6-14)17(2,3)19-9-11-21-12-10-19/h5-8,16,18,20H,4,9-13H2,1-3H3. The fourth-order valence-electron chi connectivity index (χ4n) is 3.05. The molecule has 4 nitrogen and oxygen atoms in total. The maximum atomic E-state index is 9.42. The van der Waals surface area contributed by atoms with Gasteiger partial charge in [-0.15, -0.1) is 0 Å². The van der Waals surface area contributed by atoms with Gasteiger partial charge in [0.05, 0.1) is 13.2 Å². The highest BCUT2D eigenvalue weighted by molar-refractivity contribution is 5.27. The van der Waals surface area contributed by atoms with Gasteiger partial charge in [-0.25, -0.2) is 0 Å². The van der Waals surface area contributed by atoms with E-state index in [2.05, 4.69) is 31.0 Å². The monoisotopic (exact) mass is 292 g/mol. The van der Waals surface area contributed by atoms with Gasteiger partial charge in [0, 0.05) is 24.7 Å². The number of likely N-dealkylation sites (N-methyl/N-ethyl adjacent to an activating group) is 1. The number of benzene rings is 1. The molecule has 1 atom stereocenters. The Labute approximate surface area is 128 Å². The number of nitrogens with zero attached hydrogens (tertiary/aromatic N) is 1. The molecule has 2 rings (SSSR count). The van der Waals surface area contributed by atoms with Crippen molar-refractivity contribution in [1.82, 2.24) is 10.2 Å². The van der Waals surface area contributed by atoms with Crippen LogP contribution < -0.4 is 5.32 Å². The number of phenolic OH excluding ortho intramolecular Hbond substituents is 1. The van der Waals surface area contributed by atoms with Crippen molar-refractivity contribution in [3.05, 3.63) is 29.8 Å². The first-order valence-electron chi connectivity index (χ1n) is 7.88. The van der Waals surface area contributed by atoms with Gasteiger partial charge in [-0.05, 0) is 44.5 Å². The highest BCUT2D eigenvalue weighted by Crippen LogP contribution is 2.24.